The second-order valence-electron chi connectivity index (χ2n) is 12.5. The van der Waals surface area contributed by atoms with Gasteiger partial charge in [0.25, 0.3) is 0 Å². The summed E-state index contributed by atoms with van der Waals surface area (Å²) in [5.41, 5.74) is 9.62. The van der Waals surface area contributed by atoms with Gasteiger partial charge < -0.3 is 0 Å². The summed E-state index contributed by atoms with van der Waals surface area (Å²) < 4.78 is 0. The molecule has 2 atom stereocenters. The Labute approximate surface area is 216 Å². The summed E-state index contributed by atoms with van der Waals surface area (Å²) in [5, 5.41) is 0. The first kappa shape index (κ1) is 26.0. The zero-order valence-electron chi connectivity index (χ0n) is 23.1. The van der Waals surface area contributed by atoms with E-state index in [0.29, 0.717) is 17.8 Å². The van der Waals surface area contributed by atoms with Crippen molar-refractivity contribution in [1.82, 2.24) is 0 Å². The van der Waals surface area contributed by atoms with Crippen LogP contribution in [0.2, 0.25) is 0 Å². The van der Waals surface area contributed by atoms with Crippen LogP contribution < -0.4 is 0 Å². The second-order valence-corrected chi connectivity index (χ2v) is 12.5. The van der Waals surface area contributed by atoms with Crippen molar-refractivity contribution in [3.8, 4) is 0 Å². The molecule has 0 heteroatoms. The molecule has 0 spiro atoms. The minimum atomic E-state index is 0.193. The molecule has 2 unspecified atom stereocenters. The fourth-order valence-electron chi connectivity index (χ4n) is 6.18. The smallest absolute Gasteiger partial charge is 0.0135 e. The van der Waals surface area contributed by atoms with Gasteiger partial charge in [-0.2, -0.15) is 0 Å². The van der Waals surface area contributed by atoms with E-state index in [9.17, 15) is 0 Å². The lowest BCUT2D eigenvalue weighted by Gasteiger charge is -2.30. The third kappa shape index (κ3) is 6.99. The highest BCUT2D eigenvalue weighted by atomic mass is 14.3. The molecule has 0 saturated carbocycles. The van der Waals surface area contributed by atoms with Gasteiger partial charge in [-0.15, -0.1) is 0 Å². The Balaban J connectivity index is 1.62. The maximum absolute atomic E-state index is 2.64. The number of allylic oxidation sites excluding steroid dienone is 16. The Kier molecular flexibility index (Phi) is 8.74. The van der Waals surface area contributed by atoms with Gasteiger partial charge in [0, 0.05) is 0 Å². The fraction of sp³-hybridized carbons (Fsp3) is 0.543. The Bertz CT molecular complexity index is 1000. The molecule has 4 aliphatic carbocycles. The Hall–Kier alpha value is -2.08. The van der Waals surface area contributed by atoms with Crippen molar-refractivity contribution < 1.29 is 0 Å². The SMILES string of the molecule is CC(C)C1=C(C2=CC=CCC2)CCC(C2CC=CC3=CC(C(C)(C)C)=CCCCC(C=C3)CC2)=C1. The van der Waals surface area contributed by atoms with Crippen molar-refractivity contribution in [2.45, 2.75) is 98.8 Å². The van der Waals surface area contributed by atoms with Crippen LogP contribution in [0.3, 0.4) is 0 Å². The molecule has 0 fully saturated rings. The van der Waals surface area contributed by atoms with Gasteiger partial charge in [0.05, 0.1) is 0 Å². The van der Waals surface area contributed by atoms with E-state index in [1.807, 2.05) is 0 Å². The molecule has 0 aliphatic heterocycles. The Morgan fingerprint density at radius 2 is 1.74 bits per heavy atom. The zero-order valence-corrected chi connectivity index (χ0v) is 23.1. The van der Waals surface area contributed by atoms with Gasteiger partial charge in [0.1, 0.15) is 0 Å². The summed E-state index contributed by atoms with van der Waals surface area (Å²) >= 11 is 0. The van der Waals surface area contributed by atoms with E-state index in [1.165, 1.54) is 75.4 Å². The molecule has 4 rings (SSSR count). The average molecular weight is 469 g/mol. The molecule has 0 amide bonds. The second kappa shape index (κ2) is 11.8. The molecule has 0 aromatic heterocycles. The molecule has 0 heterocycles. The quantitative estimate of drug-likeness (QED) is 0.386. The topological polar surface area (TPSA) is 0 Å². The minimum absolute atomic E-state index is 0.193. The van der Waals surface area contributed by atoms with Crippen LogP contribution in [0.5, 0.6) is 0 Å². The first-order chi connectivity index (χ1) is 16.8. The highest BCUT2D eigenvalue weighted by Gasteiger charge is 2.24. The molecule has 0 aromatic carbocycles. The van der Waals surface area contributed by atoms with E-state index >= 15 is 0 Å². The number of rotatable bonds is 3. The van der Waals surface area contributed by atoms with Crippen LogP contribution in [0.25, 0.3) is 0 Å². The third-order valence-electron chi connectivity index (χ3n) is 8.41. The van der Waals surface area contributed by atoms with Crippen LogP contribution in [0.1, 0.15) is 98.8 Å². The van der Waals surface area contributed by atoms with Crippen molar-refractivity contribution in [1.29, 1.82) is 0 Å². The van der Waals surface area contributed by atoms with Crippen LogP contribution in [0, 0.1) is 23.2 Å². The maximum atomic E-state index is 2.64. The summed E-state index contributed by atoms with van der Waals surface area (Å²) in [7, 11) is 0. The van der Waals surface area contributed by atoms with Crippen molar-refractivity contribution in [3.63, 3.8) is 0 Å². The van der Waals surface area contributed by atoms with Gasteiger partial charge in [-0.25, -0.2) is 0 Å². The van der Waals surface area contributed by atoms with Crippen molar-refractivity contribution in [3.05, 3.63) is 94.2 Å². The van der Waals surface area contributed by atoms with Crippen molar-refractivity contribution in [2.75, 3.05) is 0 Å². The summed E-state index contributed by atoms with van der Waals surface area (Å²) in [6.07, 6.45) is 36.9. The summed E-state index contributed by atoms with van der Waals surface area (Å²) in [6.45, 7) is 11.8. The van der Waals surface area contributed by atoms with Crippen LogP contribution in [-0.4, -0.2) is 0 Å². The van der Waals surface area contributed by atoms with E-state index in [2.05, 4.69) is 95.4 Å². The minimum Gasteiger partial charge on any atom is -0.0842 e. The standard InChI is InChI=1S/C35H48/c1-26(2)34-25-31(22-23-33(34)30-14-7-6-8-15-30)29-16-11-13-28-19-18-27(20-21-29)12-9-10-17-32(24-28)35(3,4)5/h6-7,11,13-14,17-19,24-27,29H,8-10,12,15-16,20-23H2,1-5H3. The van der Waals surface area contributed by atoms with Crippen LogP contribution in [-0.2, 0) is 0 Å². The predicted molar refractivity (Wildman–Crippen MR) is 154 cm³/mol. The molecule has 35 heavy (non-hydrogen) atoms. The molecule has 4 aliphatic rings. The maximum Gasteiger partial charge on any atom is -0.0135 e. The highest BCUT2D eigenvalue weighted by molar-refractivity contribution is 5.48. The first-order valence-electron chi connectivity index (χ1n) is 14.4. The van der Waals surface area contributed by atoms with Gasteiger partial charge in [-0.1, -0.05) is 101 Å². The fourth-order valence-corrected chi connectivity index (χ4v) is 6.18. The van der Waals surface area contributed by atoms with Crippen LogP contribution >= 0.6 is 0 Å². The van der Waals surface area contributed by atoms with Gasteiger partial charge >= 0.3 is 0 Å². The molecule has 0 nitrogen and oxygen atoms in total. The third-order valence-corrected chi connectivity index (χ3v) is 8.41. The Morgan fingerprint density at radius 1 is 0.886 bits per heavy atom. The molecule has 188 valence electrons. The van der Waals surface area contributed by atoms with E-state index in [0.717, 1.165) is 0 Å². The van der Waals surface area contributed by atoms with E-state index in [4.69, 9.17) is 0 Å². The van der Waals surface area contributed by atoms with Crippen molar-refractivity contribution in [2.24, 2.45) is 23.2 Å². The van der Waals surface area contributed by atoms with Crippen LogP contribution in [0.15, 0.2) is 94.2 Å². The van der Waals surface area contributed by atoms with Gasteiger partial charge in [0.15, 0.2) is 0 Å². The number of hydrogen-bond donors (Lipinski definition) is 0. The normalized spacial score (nSPS) is 26.3. The molecular weight excluding hydrogens is 420 g/mol. The summed E-state index contributed by atoms with van der Waals surface area (Å²) in [4.78, 5) is 0. The monoisotopic (exact) mass is 468 g/mol. The van der Waals surface area contributed by atoms with Gasteiger partial charge in [-0.3, -0.25) is 0 Å². The molecular formula is C35H48. The first-order valence-corrected chi connectivity index (χ1v) is 14.4. The lowest BCUT2D eigenvalue weighted by Crippen LogP contribution is -2.14. The molecule has 2 bridgehead atoms. The van der Waals surface area contributed by atoms with Gasteiger partial charge in [0.2, 0.25) is 0 Å². The number of hydrogen-bond acceptors (Lipinski definition) is 0. The average Bonchev–Trinajstić information content (AvgIpc) is 2.85. The summed E-state index contributed by atoms with van der Waals surface area (Å²) in [5.74, 6) is 1.97. The lowest BCUT2D eigenvalue weighted by molar-refractivity contribution is 0.438. The Morgan fingerprint density at radius 3 is 2.49 bits per heavy atom. The largest absolute Gasteiger partial charge is 0.0842 e. The molecule has 0 saturated heterocycles. The molecule has 0 radical (unpaired) electrons. The van der Waals surface area contributed by atoms with E-state index in [-0.39, 0.29) is 5.41 Å². The van der Waals surface area contributed by atoms with E-state index < -0.39 is 0 Å². The van der Waals surface area contributed by atoms with Gasteiger partial charge in [-0.05, 0) is 115 Å². The zero-order chi connectivity index (χ0) is 24.8. The molecule has 0 aromatic rings. The summed E-state index contributed by atoms with van der Waals surface area (Å²) in [6, 6.07) is 0. The van der Waals surface area contributed by atoms with E-state index in [1.54, 1.807) is 22.3 Å². The number of fused-ring (bicyclic) bond motifs is 2. The lowest BCUT2D eigenvalue weighted by atomic mass is 9.75. The van der Waals surface area contributed by atoms with Crippen LogP contribution in [0.4, 0.5) is 0 Å². The predicted octanol–water partition coefficient (Wildman–Crippen LogP) is 10.5. The highest BCUT2D eigenvalue weighted by Crippen LogP contribution is 2.40. The molecule has 0 N–H and O–H groups in total. The van der Waals surface area contributed by atoms with Crippen molar-refractivity contribution >= 4 is 0 Å².